The van der Waals surface area contributed by atoms with Crippen molar-refractivity contribution in [1.82, 2.24) is 15.4 Å². The number of hydrogen-bond acceptors (Lipinski definition) is 6. The Morgan fingerprint density at radius 1 is 0.963 bits per heavy atom. The Morgan fingerprint density at radius 3 is 2.44 bits per heavy atom. The predicted octanol–water partition coefficient (Wildman–Crippen LogP) is 5.65. The van der Waals surface area contributed by atoms with E-state index in [0.29, 0.717) is 45.2 Å². The van der Waals surface area contributed by atoms with E-state index in [2.05, 4.69) is 27.7 Å². The van der Waals surface area contributed by atoms with Crippen LogP contribution in [0.25, 0.3) is 10.9 Å². The first-order valence-corrected chi connectivity index (χ1v) is 9.43. The summed E-state index contributed by atoms with van der Waals surface area (Å²) in [5, 5.41) is 17.0. The number of ether oxygens (including phenoxy) is 2. The maximum atomic E-state index is 6.06. The van der Waals surface area contributed by atoms with Crippen molar-refractivity contribution in [3.05, 3.63) is 40.4 Å². The van der Waals surface area contributed by atoms with Gasteiger partial charge in [-0.3, -0.25) is 0 Å². The summed E-state index contributed by atoms with van der Waals surface area (Å²) in [6.07, 6.45) is 3.25. The van der Waals surface area contributed by atoms with Crippen molar-refractivity contribution in [3.63, 3.8) is 0 Å². The Balaban J connectivity index is 1.93. The molecule has 1 N–H and O–H groups in total. The fourth-order valence-corrected chi connectivity index (χ4v) is 3.18. The number of fused-ring (bicyclic) bond motifs is 1. The number of anilines is 2. The van der Waals surface area contributed by atoms with Gasteiger partial charge in [0.05, 0.1) is 19.1 Å². The van der Waals surface area contributed by atoms with Gasteiger partial charge in [-0.25, -0.2) is 0 Å². The van der Waals surface area contributed by atoms with Crippen molar-refractivity contribution in [2.24, 2.45) is 0 Å². The van der Waals surface area contributed by atoms with E-state index < -0.39 is 0 Å². The van der Waals surface area contributed by atoms with Gasteiger partial charge in [0.1, 0.15) is 5.52 Å². The summed E-state index contributed by atoms with van der Waals surface area (Å²) < 4.78 is 11.3. The largest absolute Gasteiger partial charge is 0.493 e. The molecule has 0 aliphatic rings. The molecule has 1 heterocycles. The van der Waals surface area contributed by atoms with E-state index in [1.165, 1.54) is 0 Å². The summed E-state index contributed by atoms with van der Waals surface area (Å²) in [5.74, 6) is 1.77. The number of rotatable bonds is 8. The first-order valence-electron chi connectivity index (χ1n) is 8.67. The Labute approximate surface area is 167 Å². The molecular formula is C19H20Cl2N4O2. The lowest BCUT2D eigenvalue weighted by atomic mass is 10.2. The molecule has 0 bridgehead atoms. The first kappa shape index (κ1) is 19.5. The number of nitrogens with one attached hydrogen (secondary N) is 1. The van der Waals surface area contributed by atoms with E-state index in [0.717, 1.165) is 24.6 Å². The molecule has 3 rings (SSSR count). The van der Waals surface area contributed by atoms with Crippen LogP contribution in [0.15, 0.2) is 30.3 Å². The molecule has 0 aliphatic heterocycles. The van der Waals surface area contributed by atoms with Gasteiger partial charge in [0, 0.05) is 21.8 Å². The summed E-state index contributed by atoms with van der Waals surface area (Å²) in [5.41, 5.74) is 1.35. The van der Waals surface area contributed by atoms with Crippen LogP contribution in [0.2, 0.25) is 10.0 Å². The highest BCUT2D eigenvalue weighted by atomic mass is 35.5. The Kier molecular flexibility index (Phi) is 6.53. The molecule has 0 saturated carbocycles. The molecule has 8 heteroatoms. The highest BCUT2D eigenvalue weighted by Crippen LogP contribution is 2.35. The minimum absolute atomic E-state index is 0.522. The molecule has 3 aromatic rings. The summed E-state index contributed by atoms with van der Waals surface area (Å²) in [6.45, 7) is 2.78. The molecule has 0 radical (unpaired) electrons. The van der Waals surface area contributed by atoms with E-state index in [1.54, 1.807) is 25.3 Å². The normalized spacial score (nSPS) is 10.8. The average Bonchev–Trinajstić information content (AvgIpc) is 2.64. The fraction of sp³-hybridized carbons (Fsp3) is 0.316. The van der Waals surface area contributed by atoms with Gasteiger partial charge in [-0.2, -0.15) is 0 Å². The molecule has 0 amide bonds. The van der Waals surface area contributed by atoms with Crippen LogP contribution in [0, 0.1) is 0 Å². The Bertz CT molecular complexity index is 917. The van der Waals surface area contributed by atoms with Crippen LogP contribution < -0.4 is 14.8 Å². The first-order chi connectivity index (χ1) is 13.1. The van der Waals surface area contributed by atoms with E-state index in [9.17, 15) is 0 Å². The van der Waals surface area contributed by atoms with Crippen molar-refractivity contribution < 1.29 is 9.47 Å². The van der Waals surface area contributed by atoms with Gasteiger partial charge in [0.15, 0.2) is 17.3 Å². The minimum Gasteiger partial charge on any atom is -0.493 e. The van der Waals surface area contributed by atoms with Crippen molar-refractivity contribution in [2.75, 3.05) is 19.0 Å². The molecular weight excluding hydrogens is 387 g/mol. The van der Waals surface area contributed by atoms with Crippen molar-refractivity contribution in [2.45, 2.75) is 26.2 Å². The van der Waals surface area contributed by atoms with Gasteiger partial charge >= 0.3 is 0 Å². The number of nitrogens with zero attached hydrogens (tertiary/aromatic N) is 3. The number of halogens is 2. The Morgan fingerprint density at radius 2 is 1.74 bits per heavy atom. The quantitative estimate of drug-likeness (QED) is 0.487. The highest BCUT2D eigenvalue weighted by molar-refractivity contribution is 6.35. The number of hydrogen-bond donors (Lipinski definition) is 1. The molecule has 0 spiro atoms. The SMILES string of the molecule is CCCCCOc1cc2nnnc(Nc3cc(Cl)cc(Cl)c3)c2cc1OC. The molecule has 0 saturated heterocycles. The summed E-state index contributed by atoms with van der Waals surface area (Å²) >= 11 is 12.1. The summed E-state index contributed by atoms with van der Waals surface area (Å²) in [4.78, 5) is 0. The standard InChI is InChI=1S/C19H20Cl2N4O2/c1-3-4-5-6-27-18-11-16-15(10-17(18)26-2)19(24-25-23-16)22-14-8-12(20)7-13(21)9-14/h7-11H,3-6H2,1-2H3,(H,22,23,24). The third-order valence-corrected chi connectivity index (χ3v) is 4.40. The van der Waals surface area contributed by atoms with E-state index in [1.807, 2.05) is 12.1 Å². The van der Waals surface area contributed by atoms with E-state index >= 15 is 0 Å². The zero-order chi connectivity index (χ0) is 19.2. The number of benzene rings is 2. The molecule has 0 atom stereocenters. The predicted molar refractivity (Wildman–Crippen MR) is 109 cm³/mol. The monoisotopic (exact) mass is 406 g/mol. The maximum absolute atomic E-state index is 6.06. The zero-order valence-electron chi connectivity index (χ0n) is 15.1. The van der Waals surface area contributed by atoms with Crippen LogP contribution in [0.1, 0.15) is 26.2 Å². The number of aromatic nitrogens is 3. The van der Waals surface area contributed by atoms with Gasteiger partial charge < -0.3 is 14.8 Å². The molecule has 27 heavy (non-hydrogen) atoms. The molecule has 0 fully saturated rings. The Hall–Kier alpha value is -2.31. The second kappa shape index (κ2) is 9.06. The topological polar surface area (TPSA) is 69.2 Å². The van der Waals surface area contributed by atoms with Gasteiger partial charge in [-0.05, 0) is 35.9 Å². The minimum atomic E-state index is 0.522. The van der Waals surface area contributed by atoms with Gasteiger partial charge in [-0.1, -0.05) is 43.0 Å². The zero-order valence-corrected chi connectivity index (χ0v) is 16.6. The number of unbranched alkanes of at least 4 members (excludes halogenated alkanes) is 2. The van der Waals surface area contributed by atoms with E-state index in [-0.39, 0.29) is 0 Å². The summed E-state index contributed by atoms with van der Waals surface area (Å²) in [6, 6.07) is 8.81. The third kappa shape index (κ3) is 4.90. The van der Waals surface area contributed by atoms with Crippen LogP contribution in [0.5, 0.6) is 11.5 Å². The van der Waals surface area contributed by atoms with Gasteiger partial charge in [0.25, 0.3) is 0 Å². The van der Waals surface area contributed by atoms with Crippen LogP contribution in [0.4, 0.5) is 11.5 Å². The van der Waals surface area contributed by atoms with Gasteiger partial charge in [-0.15, -0.1) is 10.2 Å². The average molecular weight is 407 g/mol. The molecule has 6 nitrogen and oxygen atoms in total. The lowest BCUT2D eigenvalue weighted by Gasteiger charge is -2.13. The smallest absolute Gasteiger partial charge is 0.164 e. The molecule has 1 aromatic heterocycles. The molecule has 2 aromatic carbocycles. The molecule has 0 unspecified atom stereocenters. The van der Waals surface area contributed by atoms with Crippen molar-refractivity contribution >= 4 is 45.6 Å². The molecule has 0 aliphatic carbocycles. The second-order valence-corrected chi connectivity index (χ2v) is 6.87. The summed E-state index contributed by atoms with van der Waals surface area (Å²) in [7, 11) is 1.60. The second-order valence-electron chi connectivity index (χ2n) is 6.00. The van der Waals surface area contributed by atoms with Crippen molar-refractivity contribution in [1.29, 1.82) is 0 Å². The van der Waals surface area contributed by atoms with E-state index in [4.69, 9.17) is 32.7 Å². The van der Waals surface area contributed by atoms with Gasteiger partial charge in [0.2, 0.25) is 0 Å². The molecule has 142 valence electrons. The highest BCUT2D eigenvalue weighted by Gasteiger charge is 2.13. The lowest BCUT2D eigenvalue weighted by Crippen LogP contribution is -2.02. The maximum Gasteiger partial charge on any atom is 0.164 e. The van der Waals surface area contributed by atoms with Crippen molar-refractivity contribution in [3.8, 4) is 11.5 Å². The third-order valence-electron chi connectivity index (χ3n) is 3.97. The van der Waals surface area contributed by atoms with Crippen LogP contribution in [0.3, 0.4) is 0 Å². The van der Waals surface area contributed by atoms with Crippen LogP contribution in [-0.4, -0.2) is 29.1 Å². The van der Waals surface area contributed by atoms with Crippen LogP contribution in [-0.2, 0) is 0 Å². The number of methoxy groups -OCH3 is 1. The lowest BCUT2D eigenvalue weighted by molar-refractivity contribution is 0.286. The fourth-order valence-electron chi connectivity index (χ4n) is 2.65. The van der Waals surface area contributed by atoms with Crippen LogP contribution >= 0.6 is 23.2 Å².